The summed E-state index contributed by atoms with van der Waals surface area (Å²) in [6.45, 7) is 2.82. The van der Waals surface area contributed by atoms with E-state index < -0.39 is 11.6 Å². The van der Waals surface area contributed by atoms with Crippen molar-refractivity contribution < 1.29 is 19.1 Å². The fourth-order valence-corrected chi connectivity index (χ4v) is 3.69. The van der Waals surface area contributed by atoms with E-state index >= 15 is 0 Å². The molecule has 5 heteroatoms. The standard InChI is InChI=1S/C23H39NO4/c1-3-5-7-8-9-10-11-12-13-16-20-27-21(25)23(17-14-15-18-23)24-22(26)28-19-6-4-2/h2H,3,5-20H2,1H3,(H,24,26). The van der Waals surface area contributed by atoms with E-state index in [1.807, 2.05) is 0 Å². The number of ether oxygens (including phenoxy) is 2. The largest absolute Gasteiger partial charge is 0.464 e. The monoisotopic (exact) mass is 393 g/mol. The maximum absolute atomic E-state index is 12.6. The predicted octanol–water partition coefficient (Wildman–Crippen LogP) is 5.51. The topological polar surface area (TPSA) is 64.6 Å². The number of carbonyl (C=O) groups is 2. The Morgan fingerprint density at radius 3 is 2.04 bits per heavy atom. The summed E-state index contributed by atoms with van der Waals surface area (Å²) in [5.74, 6) is 2.09. The highest BCUT2D eigenvalue weighted by atomic mass is 16.6. The molecule has 0 heterocycles. The van der Waals surface area contributed by atoms with Crippen molar-refractivity contribution in [3.05, 3.63) is 0 Å². The lowest BCUT2D eigenvalue weighted by Crippen LogP contribution is -2.53. The zero-order valence-corrected chi connectivity index (χ0v) is 17.7. The van der Waals surface area contributed by atoms with Crippen molar-refractivity contribution in [3.63, 3.8) is 0 Å². The molecule has 0 aromatic rings. The number of terminal acetylenes is 1. The Bertz CT molecular complexity index is 477. The van der Waals surface area contributed by atoms with Crippen molar-refractivity contribution in [3.8, 4) is 12.3 Å². The first-order valence-electron chi connectivity index (χ1n) is 11.2. The molecular formula is C23H39NO4. The van der Waals surface area contributed by atoms with Gasteiger partial charge in [0.1, 0.15) is 12.1 Å². The van der Waals surface area contributed by atoms with Crippen LogP contribution in [0.1, 0.15) is 103 Å². The number of esters is 1. The Morgan fingerprint density at radius 2 is 1.46 bits per heavy atom. The SMILES string of the molecule is C#CCCOC(=O)NC1(C(=O)OCCCCCCCCCCCC)CCCC1. The average Bonchev–Trinajstić information content (AvgIpc) is 3.15. The zero-order valence-electron chi connectivity index (χ0n) is 17.7. The van der Waals surface area contributed by atoms with Gasteiger partial charge in [-0.15, -0.1) is 12.3 Å². The molecular weight excluding hydrogens is 354 g/mol. The first-order chi connectivity index (χ1) is 13.6. The van der Waals surface area contributed by atoms with Crippen LogP contribution in [0, 0.1) is 12.3 Å². The second kappa shape index (κ2) is 15.2. The van der Waals surface area contributed by atoms with E-state index in [-0.39, 0.29) is 12.6 Å². The van der Waals surface area contributed by atoms with E-state index in [0.717, 1.165) is 25.7 Å². The number of hydrogen-bond acceptors (Lipinski definition) is 4. The van der Waals surface area contributed by atoms with Crippen LogP contribution in [0.2, 0.25) is 0 Å². The van der Waals surface area contributed by atoms with Crippen LogP contribution < -0.4 is 5.32 Å². The van der Waals surface area contributed by atoms with Gasteiger partial charge in [0.25, 0.3) is 0 Å². The lowest BCUT2D eigenvalue weighted by atomic mass is 9.98. The zero-order chi connectivity index (χ0) is 20.5. The van der Waals surface area contributed by atoms with Crippen LogP contribution in [-0.2, 0) is 14.3 Å². The summed E-state index contributed by atoms with van der Waals surface area (Å²) < 4.78 is 10.5. The molecule has 0 bridgehead atoms. The Kier molecular flexibility index (Phi) is 13.3. The molecule has 0 aliphatic heterocycles. The Labute approximate surface area is 171 Å². The quantitative estimate of drug-likeness (QED) is 0.226. The van der Waals surface area contributed by atoms with Gasteiger partial charge in [0.2, 0.25) is 0 Å². The van der Waals surface area contributed by atoms with Gasteiger partial charge in [-0.2, -0.15) is 0 Å². The number of carbonyl (C=O) groups excluding carboxylic acids is 2. The molecule has 1 aliphatic carbocycles. The molecule has 0 aromatic heterocycles. The maximum Gasteiger partial charge on any atom is 0.408 e. The second-order valence-electron chi connectivity index (χ2n) is 7.82. The molecule has 160 valence electrons. The van der Waals surface area contributed by atoms with Crippen LogP contribution in [0.4, 0.5) is 4.79 Å². The summed E-state index contributed by atoms with van der Waals surface area (Å²) >= 11 is 0. The molecule has 0 unspecified atom stereocenters. The number of unbranched alkanes of at least 4 members (excludes halogenated alkanes) is 9. The highest BCUT2D eigenvalue weighted by Gasteiger charge is 2.44. The predicted molar refractivity (Wildman–Crippen MR) is 112 cm³/mol. The summed E-state index contributed by atoms with van der Waals surface area (Å²) in [7, 11) is 0. The van der Waals surface area contributed by atoms with Gasteiger partial charge >= 0.3 is 12.1 Å². The Balaban J connectivity index is 2.16. The lowest BCUT2D eigenvalue weighted by molar-refractivity contribution is -0.151. The molecule has 1 aliphatic rings. The average molecular weight is 394 g/mol. The van der Waals surface area contributed by atoms with Gasteiger partial charge in [-0.1, -0.05) is 77.6 Å². The highest BCUT2D eigenvalue weighted by Crippen LogP contribution is 2.31. The molecule has 0 atom stereocenters. The summed E-state index contributed by atoms with van der Waals surface area (Å²) in [5, 5.41) is 2.74. The van der Waals surface area contributed by atoms with Gasteiger partial charge in [0, 0.05) is 6.42 Å². The molecule has 0 aromatic carbocycles. The summed E-state index contributed by atoms with van der Waals surface area (Å²) in [5.41, 5.74) is -0.925. The molecule has 0 radical (unpaired) electrons. The first kappa shape index (κ1) is 24.3. The third-order valence-electron chi connectivity index (χ3n) is 5.40. The Hall–Kier alpha value is -1.70. The molecule has 1 rings (SSSR count). The van der Waals surface area contributed by atoms with E-state index in [4.69, 9.17) is 15.9 Å². The first-order valence-corrected chi connectivity index (χ1v) is 11.2. The van der Waals surface area contributed by atoms with Crippen molar-refractivity contribution in [1.82, 2.24) is 5.32 Å². The van der Waals surface area contributed by atoms with Crippen LogP contribution in [0.5, 0.6) is 0 Å². The van der Waals surface area contributed by atoms with Gasteiger partial charge in [-0.25, -0.2) is 9.59 Å². The molecule has 5 nitrogen and oxygen atoms in total. The number of hydrogen-bond donors (Lipinski definition) is 1. The van der Waals surface area contributed by atoms with Crippen molar-refractivity contribution in [2.45, 2.75) is 109 Å². The number of alkyl carbamates (subject to hydrolysis) is 1. The molecule has 0 spiro atoms. The van der Waals surface area contributed by atoms with Crippen molar-refractivity contribution in [2.75, 3.05) is 13.2 Å². The van der Waals surface area contributed by atoms with Gasteiger partial charge < -0.3 is 14.8 Å². The fourth-order valence-electron chi connectivity index (χ4n) is 3.69. The second-order valence-corrected chi connectivity index (χ2v) is 7.82. The Morgan fingerprint density at radius 1 is 0.893 bits per heavy atom. The van der Waals surface area contributed by atoms with Crippen molar-refractivity contribution >= 4 is 12.1 Å². The van der Waals surface area contributed by atoms with Crippen LogP contribution in [-0.4, -0.2) is 30.8 Å². The summed E-state index contributed by atoms with van der Waals surface area (Å²) in [6, 6.07) is 0. The van der Waals surface area contributed by atoms with Crippen molar-refractivity contribution in [1.29, 1.82) is 0 Å². The minimum atomic E-state index is -0.925. The maximum atomic E-state index is 12.6. The molecule has 0 saturated heterocycles. The number of nitrogens with one attached hydrogen (secondary N) is 1. The third kappa shape index (κ3) is 10.0. The van der Waals surface area contributed by atoms with Crippen molar-refractivity contribution in [2.24, 2.45) is 0 Å². The van der Waals surface area contributed by atoms with Crippen LogP contribution in [0.25, 0.3) is 0 Å². The van der Waals surface area contributed by atoms with Crippen LogP contribution in [0.15, 0.2) is 0 Å². The van der Waals surface area contributed by atoms with Gasteiger partial charge in [0.15, 0.2) is 0 Å². The van der Waals surface area contributed by atoms with Gasteiger partial charge in [-0.05, 0) is 19.3 Å². The van der Waals surface area contributed by atoms with E-state index in [1.165, 1.54) is 51.4 Å². The summed E-state index contributed by atoms with van der Waals surface area (Å²) in [4.78, 5) is 24.5. The normalized spacial score (nSPS) is 15.0. The van der Waals surface area contributed by atoms with E-state index in [0.29, 0.717) is 25.9 Å². The van der Waals surface area contributed by atoms with E-state index in [9.17, 15) is 9.59 Å². The number of rotatable bonds is 15. The lowest BCUT2D eigenvalue weighted by Gasteiger charge is -2.27. The molecule has 1 saturated carbocycles. The van der Waals surface area contributed by atoms with Gasteiger partial charge in [-0.3, -0.25) is 0 Å². The molecule has 1 amide bonds. The molecule has 1 N–H and O–H groups in total. The van der Waals surface area contributed by atoms with Crippen LogP contribution >= 0.6 is 0 Å². The summed E-state index contributed by atoms with van der Waals surface area (Å²) in [6.07, 6.45) is 20.3. The minimum absolute atomic E-state index is 0.159. The highest BCUT2D eigenvalue weighted by molar-refractivity contribution is 5.86. The third-order valence-corrected chi connectivity index (χ3v) is 5.40. The minimum Gasteiger partial charge on any atom is -0.464 e. The molecule has 28 heavy (non-hydrogen) atoms. The van der Waals surface area contributed by atoms with E-state index in [1.54, 1.807) is 0 Å². The smallest absolute Gasteiger partial charge is 0.408 e. The van der Waals surface area contributed by atoms with Crippen LogP contribution in [0.3, 0.4) is 0 Å². The fraction of sp³-hybridized carbons (Fsp3) is 0.826. The van der Waals surface area contributed by atoms with E-state index in [2.05, 4.69) is 18.2 Å². The number of amides is 1. The molecule has 1 fully saturated rings. The van der Waals surface area contributed by atoms with Gasteiger partial charge in [0.05, 0.1) is 6.61 Å².